The molecule has 94 valence electrons. The zero-order chi connectivity index (χ0) is 11.6. The highest BCUT2D eigenvalue weighted by atomic mass is 127. The number of carboxylic acid groups (broad SMARTS) is 1. The van der Waals surface area contributed by atoms with Crippen LogP contribution in [-0.2, 0) is 0 Å². The monoisotopic (exact) mass is 334 g/mol. The molecule has 0 aliphatic carbocycles. The smallest absolute Gasteiger partial charge is 0.134 e. The largest absolute Gasteiger partial charge is 0.530 e. The van der Waals surface area contributed by atoms with E-state index in [1.165, 1.54) is 0 Å². The molecule has 1 amide bonds. The lowest BCUT2D eigenvalue weighted by atomic mass is 10.5. The second-order valence-electron chi connectivity index (χ2n) is 3.95. The number of aliphatic hydroxyl groups is 1. The third-order valence-corrected chi connectivity index (χ3v) is 1.29. The van der Waals surface area contributed by atoms with Crippen LogP contribution in [0.5, 0.6) is 0 Å². The molecule has 0 spiro atoms. The van der Waals surface area contributed by atoms with Gasteiger partial charge in [-0.3, -0.25) is 0 Å². The first-order valence-electron chi connectivity index (χ1n) is 4.69. The fourth-order valence-electron chi connectivity index (χ4n) is 0.527. The number of halogens is 1. The normalized spacial score (nSPS) is 9.40. The molecule has 6 heteroatoms. The molecule has 0 saturated carbocycles. The summed E-state index contributed by atoms with van der Waals surface area (Å²) in [4.78, 5) is 9.54. The number of nitrogens with one attached hydrogen (secondary N) is 1. The standard InChI is InChI=1S/C5H14NO.C4H9NO2.HI/c1-6(2,3)4-5-7;1-2-3-5-4(6)7;/h7H,4-5H2,1-3H3;5H,2-3H2,1H3,(H,6,7);1H/q+1;;/p-1. The van der Waals surface area contributed by atoms with Gasteiger partial charge in [0.2, 0.25) is 0 Å². The van der Waals surface area contributed by atoms with Crippen LogP contribution < -0.4 is 10.4 Å². The van der Waals surface area contributed by atoms with Gasteiger partial charge in [0.1, 0.15) is 12.6 Å². The number of amides is 1. The Morgan fingerprint density at radius 3 is 1.93 bits per heavy atom. The Hall–Kier alpha value is -0.0800. The Morgan fingerprint density at radius 2 is 1.87 bits per heavy atom. The number of carbonyl (C=O) groups is 1. The fourth-order valence-corrected chi connectivity index (χ4v) is 0.527. The van der Waals surface area contributed by atoms with Gasteiger partial charge in [-0.05, 0) is 6.42 Å². The average Bonchev–Trinajstić information content (AvgIpc) is 1.99. The Bertz CT molecular complexity index is 149. The number of hydrogen-bond acceptors (Lipinski definition) is 3. The van der Waals surface area contributed by atoms with Crippen molar-refractivity contribution in [2.45, 2.75) is 13.3 Å². The van der Waals surface area contributed by atoms with E-state index in [1.54, 1.807) is 0 Å². The maximum absolute atomic E-state index is 9.54. The van der Waals surface area contributed by atoms with Gasteiger partial charge in [-0.15, -0.1) is 24.0 Å². The Labute approximate surface area is 109 Å². The number of hydrogen-bond donors (Lipinski definition) is 2. The van der Waals surface area contributed by atoms with Crippen molar-refractivity contribution in [3.8, 4) is 0 Å². The molecule has 0 fully saturated rings. The van der Waals surface area contributed by atoms with Crippen LogP contribution in [0.4, 0.5) is 4.79 Å². The molecule has 15 heavy (non-hydrogen) atoms. The minimum atomic E-state index is -1.19. The Kier molecular flexibility index (Phi) is 16.3. The van der Waals surface area contributed by atoms with E-state index in [4.69, 9.17) is 5.11 Å². The lowest BCUT2D eigenvalue weighted by Gasteiger charge is -2.21. The maximum Gasteiger partial charge on any atom is 0.134 e. The third-order valence-electron chi connectivity index (χ3n) is 1.29. The molecule has 5 nitrogen and oxygen atoms in total. The molecule has 0 aliphatic rings. The van der Waals surface area contributed by atoms with Crippen molar-refractivity contribution in [2.24, 2.45) is 0 Å². The van der Waals surface area contributed by atoms with Crippen molar-refractivity contribution in [1.82, 2.24) is 5.32 Å². The minimum Gasteiger partial charge on any atom is -0.530 e. The van der Waals surface area contributed by atoms with Gasteiger partial charge in [-0.2, -0.15) is 0 Å². The van der Waals surface area contributed by atoms with Gasteiger partial charge >= 0.3 is 0 Å². The quantitative estimate of drug-likeness (QED) is 0.544. The summed E-state index contributed by atoms with van der Waals surface area (Å²) in [6, 6.07) is 0. The van der Waals surface area contributed by atoms with Gasteiger partial charge in [-0.25, -0.2) is 0 Å². The summed E-state index contributed by atoms with van der Waals surface area (Å²) in [5.41, 5.74) is 0. The van der Waals surface area contributed by atoms with E-state index in [-0.39, 0.29) is 30.6 Å². The van der Waals surface area contributed by atoms with Gasteiger partial charge in [0.25, 0.3) is 0 Å². The fraction of sp³-hybridized carbons (Fsp3) is 0.889. The highest BCUT2D eigenvalue weighted by Gasteiger charge is 2.02. The molecule has 0 saturated heterocycles. The van der Waals surface area contributed by atoms with E-state index in [0.717, 1.165) is 17.4 Å². The van der Waals surface area contributed by atoms with E-state index in [2.05, 4.69) is 26.5 Å². The molecule has 0 aromatic carbocycles. The predicted molar refractivity (Wildman–Crippen MR) is 69.1 cm³/mol. The van der Waals surface area contributed by atoms with E-state index in [9.17, 15) is 9.90 Å². The van der Waals surface area contributed by atoms with Gasteiger partial charge in [0.05, 0.1) is 27.7 Å². The van der Waals surface area contributed by atoms with Gasteiger partial charge in [-0.1, -0.05) is 6.92 Å². The molecule has 0 aromatic heterocycles. The number of rotatable bonds is 4. The zero-order valence-corrected chi connectivity index (χ0v) is 12.3. The second-order valence-corrected chi connectivity index (χ2v) is 3.95. The third kappa shape index (κ3) is 31.5. The van der Waals surface area contributed by atoms with Crippen molar-refractivity contribution in [2.75, 3.05) is 40.8 Å². The number of aliphatic hydroxyl groups excluding tert-OH is 1. The SMILES string of the molecule is CCCNC(=O)[O-].C[N+](C)(C)CCO.I. The molecule has 2 N–H and O–H groups in total. The lowest BCUT2D eigenvalue weighted by Crippen LogP contribution is -2.36. The second kappa shape index (κ2) is 12.0. The summed E-state index contributed by atoms with van der Waals surface area (Å²) >= 11 is 0. The van der Waals surface area contributed by atoms with Crippen LogP contribution in [-0.4, -0.2) is 56.5 Å². The Morgan fingerprint density at radius 1 is 1.40 bits per heavy atom. The van der Waals surface area contributed by atoms with Crippen LogP contribution in [0.2, 0.25) is 0 Å². The lowest BCUT2D eigenvalue weighted by molar-refractivity contribution is -0.870. The molecule has 0 radical (unpaired) electrons. The topological polar surface area (TPSA) is 72.4 Å². The molecule has 0 bridgehead atoms. The number of nitrogens with zero attached hydrogens (tertiary/aromatic N) is 1. The van der Waals surface area contributed by atoms with Crippen LogP contribution in [0.3, 0.4) is 0 Å². The van der Waals surface area contributed by atoms with Crippen molar-refractivity contribution in [3.05, 3.63) is 0 Å². The van der Waals surface area contributed by atoms with E-state index >= 15 is 0 Å². The molecule has 0 unspecified atom stereocenters. The molecule has 0 heterocycles. The van der Waals surface area contributed by atoms with Crippen molar-refractivity contribution in [3.63, 3.8) is 0 Å². The van der Waals surface area contributed by atoms with E-state index in [1.807, 2.05) is 6.92 Å². The summed E-state index contributed by atoms with van der Waals surface area (Å²) < 4.78 is 0.844. The summed E-state index contributed by atoms with van der Waals surface area (Å²) in [7, 11) is 6.16. The maximum atomic E-state index is 9.54. The molecule has 0 rings (SSSR count). The van der Waals surface area contributed by atoms with Crippen LogP contribution >= 0.6 is 24.0 Å². The summed E-state index contributed by atoms with van der Waals surface area (Å²) in [6.07, 6.45) is -0.379. The van der Waals surface area contributed by atoms with E-state index < -0.39 is 6.09 Å². The zero-order valence-electron chi connectivity index (χ0n) is 9.95. The predicted octanol–water partition coefficient (Wildman–Crippen LogP) is -0.368. The molecule has 0 aliphatic heterocycles. The van der Waals surface area contributed by atoms with Crippen LogP contribution in [0.1, 0.15) is 13.3 Å². The first-order chi connectivity index (χ1) is 6.33. The number of quaternary nitrogens is 1. The van der Waals surface area contributed by atoms with E-state index in [0.29, 0.717) is 6.54 Å². The first kappa shape index (κ1) is 20.3. The van der Waals surface area contributed by atoms with Gasteiger partial charge in [0, 0.05) is 6.54 Å². The highest BCUT2D eigenvalue weighted by molar-refractivity contribution is 14.0. The highest BCUT2D eigenvalue weighted by Crippen LogP contribution is 1.84. The van der Waals surface area contributed by atoms with Crippen LogP contribution in [0.15, 0.2) is 0 Å². The molecular formula is C9H23IN2O3. The average molecular weight is 334 g/mol. The van der Waals surface area contributed by atoms with Crippen molar-refractivity contribution >= 4 is 30.1 Å². The first-order valence-corrected chi connectivity index (χ1v) is 4.69. The molecular weight excluding hydrogens is 311 g/mol. The molecule has 0 atom stereocenters. The summed E-state index contributed by atoms with van der Waals surface area (Å²) in [6.45, 7) is 3.49. The summed E-state index contributed by atoms with van der Waals surface area (Å²) in [5.74, 6) is 0. The number of carbonyl (C=O) groups excluding carboxylic acids is 1. The molecule has 0 aromatic rings. The van der Waals surface area contributed by atoms with Crippen molar-refractivity contribution < 1.29 is 19.5 Å². The van der Waals surface area contributed by atoms with Gasteiger partial charge in [0.15, 0.2) is 0 Å². The van der Waals surface area contributed by atoms with Gasteiger partial charge < -0.3 is 24.8 Å². The Balaban J connectivity index is -0.000000180. The summed E-state index contributed by atoms with van der Waals surface area (Å²) in [5, 5.41) is 20.0. The number of likely N-dealkylation sites (N-methyl/N-ethyl adjacent to an activating group) is 1. The minimum absolute atomic E-state index is 0. The van der Waals surface area contributed by atoms with Crippen LogP contribution in [0, 0.1) is 0 Å². The van der Waals surface area contributed by atoms with Crippen molar-refractivity contribution in [1.29, 1.82) is 0 Å². The van der Waals surface area contributed by atoms with Crippen LogP contribution in [0.25, 0.3) is 0 Å².